The molecule has 0 aromatic carbocycles. The average Bonchev–Trinajstić information content (AvgIpc) is 3.04. The maximum absolute atomic E-state index is 3.57. The Labute approximate surface area is 120 Å². The summed E-state index contributed by atoms with van der Waals surface area (Å²) in [6, 6.07) is 5.19. The number of rotatable bonds is 5. The van der Waals surface area contributed by atoms with Crippen LogP contribution in [0.4, 0.5) is 0 Å². The average molecular weight is 279 g/mol. The first kappa shape index (κ1) is 13.6. The van der Waals surface area contributed by atoms with E-state index in [0.717, 1.165) is 19.1 Å². The van der Waals surface area contributed by atoms with Crippen molar-refractivity contribution in [2.75, 3.05) is 39.3 Å². The molecule has 0 spiro atoms. The van der Waals surface area contributed by atoms with Crippen LogP contribution in [0.5, 0.6) is 0 Å². The first-order valence-corrected chi connectivity index (χ1v) is 8.49. The van der Waals surface area contributed by atoms with Crippen molar-refractivity contribution in [2.45, 2.75) is 31.8 Å². The minimum atomic E-state index is 0.847. The second kappa shape index (κ2) is 6.84. The third-order valence-corrected chi connectivity index (χ3v) is 5.25. The van der Waals surface area contributed by atoms with Gasteiger partial charge < -0.3 is 10.2 Å². The summed E-state index contributed by atoms with van der Waals surface area (Å²) in [6.07, 6.45) is 4.18. The SMILES string of the molecule is c1csc(CNCCN2CCCN3CCCC3C2)c1. The van der Waals surface area contributed by atoms with Gasteiger partial charge in [0.1, 0.15) is 0 Å². The Morgan fingerprint density at radius 2 is 2.21 bits per heavy atom. The fourth-order valence-electron chi connectivity index (χ4n) is 3.35. The van der Waals surface area contributed by atoms with Crippen LogP contribution in [-0.4, -0.2) is 55.1 Å². The van der Waals surface area contributed by atoms with Gasteiger partial charge in [-0.1, -0.05) is 6.07 Å². The Bertz CT molecular complexity index is 365. The van der Waals surface area contributed by atoms with Crippen molar-refractivity contribution in [3.63, 3.8) is 0 Å². The number of hydrogen-bond acceptors (Lipinski definition) is 4. The van der Waals surface area contributed by atoms with Crippen LogP contribution in [0.25, 0.3) is 0 Å². The van der Waals surface area contributed by atoms with E-state index in [1.54, 1.807) is 0 Å². The van der Waals surface area contributed by atoms with Gasteiger partial charge in [-0.05, 0) is 50.3 Å². The lowest BCUT2D eigenvalue weighted by Gasteiger charge is -2.25. The molecule has 1 aromatic rings. The first-order chi connectivity index (χ1) is 9.42. The molecule has 2 fully saturated rings. The molecule has 0 radical (unpaired) electrons. The minimum absolute atomic E-state index is 0.847. The third-order valence-electron chi connectivity index (χ3n) is 4.37. The molecule has 1 atom stereocenters. The van der Waals surface area contributed by atoms with Crippen LogP contribution < -0.4 is 5.32 Å². The van der Waals surface area contributed by atoms with E-state index in [-0.39, 0.29) is 0 Å². The Hall–Kier alpha value is -0.420. The molecule has 1 N–H and O–H groups in total. The Balaban J connectivity index is 1.37. The first-order valence-electron chi connectivity index (χ1n) is 7.61. The predicted octanol–water partition coefficient (Wildman–Crippen LogP) is 2.01. The molecule has 0 saturated carbocycles. The van der Waals surface area contributed by atoms with Gasteiger partial charge in [0.2, 0.25) is 0 Å². The maximum atomic E-state index is 3.57. The molecule has 0 amide bonds. The molecule has 3 nitrogen and oxygen atoms in total. The predicted molar refractivity (Wildman–Crippen MR) is 81.7 cm³/mol. The molecule has 2 saturated heterocycles. The summed E-state index contributed by atoms with van der Waals surface area (Å²) in [4.78, 5) is 6.81. The summed E-state index contributed by atoms with van der Waals surface area (Å²) in [7, 11) is 0. The molecular weight excluding hydrogens is 254 g/mol. The van der Waals surface area contributed by atoms with E-state index in [1.807, 2.05) is 11.3 Å². The van der Waals surface area contributed by atoms with Gasteiger partial charge in [0.25, 0.3) is 0 Å². The molecule has 4 heteroatoms. The van der Waals surface area contributed by atoms with Gasteiger partial charge in [-0.2, -0.15) is 0 Å². The summed E-state index contributed by atoms with van der Waals surface area (Å²) in [5.41, 5.74) is 0. The van der Waals surface area contributed by atoms with Crippen molar-refractivity contribution in [3.05, 3.63) is 22.4 Å². The summed E-state index contributed by atoms with van der Waals surface area (Å²) in [6.45, 7) is 8.59. The van der Waals surface area contributed by atoms with Crippen LogP contribution in [0, 0.1) is 0 Å². The molecule has 1 aromatic heterocycles. The zero-order chi connectivity index (χ0) is 12.9. The van der Waals surface area contributed by atoms with Gasteiger partial charge in [0, 0.05) is 37.1 Å². The normalized spacial score (nSPS) is 25.4. The molecule has 3 heterocycles. The van der Waals surface area contributed by atoms with Crippen LogP contribution in [0.15, 0.2) is 17.5 Å². The molecule has 19 heavy (non-hydrogen) atoms. The highest BCUT2D eigenvalue weighted by molar-refractivity contribution is 7.09. The zero-order valence-corrected chi connectivity index (χ0v) is 12.5. The van der Waals surface area contributed by atoms with Crippen molar-refractivity contribution < 1.29 is 0 Å². The number of fused-ring (bicyclic) bond motifs is 1. The lowest BCUT2D eigenvalue weighted by Crippen LogP contribution is -2.39. The van der Waals surface area contributed by atoms with Crippen molar-refractivity contribution in [1.82, 2.24) is 15.1 Å². The van der Waals surface area contributed by atoms with Crippen LogP contribution in [0.2, 0.25) is 0 Å². The second-order valence-corrected chi connectivity index (χ2v) is 6.77. The Kier molecular flexibility index (Phi) is 4.88. The third kappa shape index (κ3) is 3.78. The van der Waals surface area contributed by atoms with E-state index in [4.69, 9.17) is 0 Å². The molecule has 106 valence electrons. The quantitative estimate of drug-likeness (QED) is 0.832. The Morgan fingerprint density at radius 3 is 3.11 bits per heavy atom. The monoisotopic (exact) mass is 279 g/mol. The fourth-order valence-corrected chi connectivity index (χ4v) is 4.02. The largest absolute Gasteiger partial charge is 0.311 e. The molecule has 0 aliphatic carbocycles. The number of thiophene rings is 1. The van der Waals surface area contributed by atoms with Crippen LogP contribution in [-0.2, 0) is 6.54 Å². The van der Waals surface area contributed by atoms with Gasteiger partial charge >= 0.3 is 0 Å². The van der Waals surface area contributed by atoms with E-state index in [2.05, 4.69) is 32.6 Å². The van der Waals surface area contributed by atoms with E-state index in [9.17, 15) is 0 Å². The molecule has 2 aliphatic rings. The summed E-state index contributed by atoms with van der Waals surface area (Å²) >= 11 is 1.84. The topological polar surface area (TPSA) is 18.5 Å². The molecule has 3 rings (SSSR count). The summed E-state index contributed by atoms with van der Waals surface area (Å²) in [5.74, 6) is 0. The highest BCUT2D eigenvalue weighted by Gasteiger charge is 2.28. The summed E-state index contributed by atoms with van der Waals surface area (Å²) < 4.78 is 0. The standard InChI is InChI=1S/C15H25N3S/c1-4-14-13-17(7-3-9-18(14)8-1)10-6-16-12-15-5-2-11-19-15/h2,5,11,14,16H,1,3-4,6-10,12-13H2. The minimum Gasteiger partial charge on any atom is -0.311 e. The molecule has 0 bridgehead atoms. The van der Waals surface area contributed by atoms with E-state index in [0.29, 0.717) is 0 Å². The fraction of sp³-hybridized carbons (Fsp3) is 0.733. The van der Waals surface area contributed by atoms with E-state index >= 15 is 0 Å². The van der Waals surface area contributed by atoms with Crippen LogP contribution >= 0.6 is 11.3 Å². The lowest BCUT2D eigenvalue weighted by molar-refractivity contribution is 0.220. The highest BCUT2D eigenvalue weighted by Crippen LogP contribution is 2.20. The van der Waals surface area contributed by atoms with Crippen LogP contribution in [0.3, 0.4) is 0 Å². The van der Waals surface area contributed by atoms with Gasteiger partial charge in [-0.15, -0.1) is 11.3 Å². The van der Waals surface area contributed by atoms with Crippen molar-refractivity contribution in [3.8, 4) is 0 Å². The van der Waals surface area contributed by atoms with Gasteiger partial charge in [-0.3, -0.25) is 4.90 Å². The van der Waals surface area contributed by atoms with Crippen molar-refractivity contribution in [2.24, 2.45) is 0 Å². The zero-order valence-electron chi connectivity index (χ0n) is 11.7. The maximum Gasteiger partial charge on any atom is 0.0300 e. The second-order valence-electron chi connectivity index (χ2n) is 5.74. The van der Waals surface area contributed by atoms with Crippen molar-refractivity contribution >= 4 is 11.3 Å². The van der Waals surface area contributed by atoms with Crippen molar-refractivity contribution in [1.29, 1.82) is 0 Å². The van der Waals surface area contributed by atoms with E-state index in [1.165, 1.54) is 56.9 Å². The Morgan fingerprint density at radius 1 is 1.26 bits per heavy atom. The smallest absolute Gasteiger partial charge is 0.0300 e. The summed E-state index contributed by atoms with van der Waals surface area (Å²) in [5, 5.41) is 5.72. The van der Waals surface area contributed by atoms with Gasteiger partial charge in [0.15, 0.2) is 0 Å². The van der Waals surface area contributed by atoms with Gasteiger partial charge in [-0.25, -0.2) is 0 Å². The van der Waals surface area contributed by atoms with Gasteiger partial charge in [0.05, 0.1) is 0 Å². The lowest BCUT2D eigenvalue weighted by atomic mass is 10.2. The number of nitrogens with zero attached hydrogens (tertiary/aromatic N) is 2. The number of nitrogens with one attached hydrogen (secondary N) is 1. The highest BCUT2D eigenvalue weighted by atomic mass is 32.1. The van der Waals surface area contributed by atoms with Crippen LogP contribution in [0.1, 0.15) is 24.1 Å². The molecule has 1 unspecified atom stereocenters. The number of hydrogen-bond donors (Lipinski definition) is 1. The van der Waals surface area contributed by atoms with E-state index < -0.39 is 0 Å². The molecule has 2 aliphatic heterocycles. The molecular formula is C15H25N3S.